The van der Waals surface area contributed by atoms with Gasteiger partial charge in [0, 0.05) is 11.1 Å². The Morgan fingerprint density at radius 3 is 2.38 bits per heavy atom. The summed E-state index contributed by atoms with van der Waals surface area (Å²) in [6.45, 7) is 10.6. The van der Waals surface area contributed by atoms with Crippen LogP contribution in [-0.4, -0.2) is 37.7 Å². The topological polar surface area (TPSA) is 24.5 Å². The molecule has 0 fully saturated rings. The van der Waals surface area contributed by atoms with Crippen molar-refractivity contribution in [3.05, 3.63) is 29.8 Å². The highest BCUT2D eigenvalue weighted by molar-refractivity contribution is 5.38. The molecule has 1 aromatic rings. The van der Waals surface area contributed by atoms with E-state index in [4.69, 9.17) is 4.74 Å². The first-order valence-corrected chi connectivity index (χ1v) is 8.13. The fourth-order valence-electron chi connectivity index (χ4n) is 2.71. The molecule has 2 unspecified atom stereocenters. The number of nitrogens with one attached hydrogen (secondary N) is 1. The monoisotopic (exact) mass is 292 g/mol. The summed E-state index contributed by atoms with van der Waals surface area (Å²) in [5.74, 6) is 1.01. The maximum Gasteiger partial charge on any atom is 0.124 e. The molecular weight excluding hydrogens is 260 g/mol. The van der Waals surface area contributed by atoms with Gasteiger partial charge in [-0.25, -0.2) is 0 Å². The van der Waals surface area contributed by atoms with Crippen molar-refractivity contribution < 1.29 is 4.74 Å². The molecule has 1 N–H and O–H groups in total. The standard InChI is InChI=1S/C18H32N2O/c1-7-14-21-16-13-11-10-12-15(16)17(19-9-3)18(4,8-2)20(5)6/h10-13,17,19H,7-9,14H2,1-6H3. The highest BCUT2D eigenvalue weighted by atomic mass is 16.5. The quantitative estimate of drug-likeness (QED) is 0.748. The number of benzene rings is 1. The van der Waals surface area contributed by atoms with Gasteiger partial charge in [-0.2, -0.15) is 0 Å². The lowest BCUT2D eigenvalue weighted by Crippen LogP contribution is -2.51. The summed E-state index contributed by atoms with van der Waals surface area (Å²) in [6.07, 6.45) is 2.10. The number of para-hydroxylation sites is 1. The molecule has 3 nitrogen and oxygen atoms in total. The Morgan fingerprint density at radius 1 is 1.19 bits per heavy atom. The molecule has 0 radical (unpaired) electrons. The van der Waals surface area contributed by atoms with E-state index in [1.807, 2.05) is 0 Å². The molecule has 1 aromatic carbocycles. The van der Waals surface area contributed by atoms with Crippen LogP contribution < -0.4 is 10.1 Å². The number of nitrogens with zero attached hydrogens (tertiary/aromatic N) is 1. The van der Waals surface area contributed by atoms with Crippen LogP contribution in [0.5, 0.6) is 5.75 Å². The number of ether oxygens (including phenoxy) is 1. The molecule has 0 aromatic heterocycles. The average molecular weight is 292 g/mol. The first-order chi connectivity index (χ1) is 10.0. The Labute approximate surface area is 130 Å². The lowest BCUT2D eigenvalue weighted by Gasteiger charge is -2.43. The van der Waals surface area contributed by atoms with E-state index in [2.05, 4.69) is 76.3 Å². The van der Waals surface area contributed by atoms with Crippen molar-refractivity contribution in [1.82, 2.24) is 10.2 Å². The van der Waals surface area contributed by atoms with Crippen molar-refractivity contribution >= 4 is 0 Å². The van der Waals surface area contributed by atoms with Gasteiger partial charge >= 0.3 is 0 Å². The van der Waals surface area contributed by atoms with Crippen LogP contribution in [0.1, 0.15) is 52.1 Å². The Morgan fingerprint density at radius 2 is 1.86 bits per heavy atom. The van der Waals surface area contributed by atoms with Crippen LogP contribution >= 0.6 is 0 Å². The zero-order chi connectivity index (χ0) is 15.9. The fraction of sp³-hybridized carbons (Fsp3) is 0.667. The predicted octanol–water partition coefficient (Wildman–Crippen LogP) is 3.86. The maximum absolute atomic E-state index is 5.97. The van der Waals surface area contributed by atoms with E-state index >= 15 is 0 Å². The van der Waals surface area contributed by atoms with E-state index in [9.17, 15) is 0 Å². The van der Waals surface area contributed by atoms with Crippen molar-refractivity contribution in [2.75, 3.05) is 27.2 Å². The third-order valence-electron chi connectivity index (χ3n) is 4.46. The maximum atomic E-state index is 5.97. The van der Waals surface area contributed by atoms with Gasteiger partial charge in [0.25, 0.3) is 0 Å². The van der Waals surface area contributed by atoms with Crippen molar-refractivity contribution in [2.45, 2.75) is 52.1 Å². The molecule has 0 aliphatic carbocycles. The summed E-state index contributed by atoms with van der Waals surface area (Å²) >= 11 is 0. The van der Waals surface area contributed by atoms with Crippen molar-refractivity contribution in [3.8, 4) is 5.75 Å². The molecule has 0 bridgehead atoms. The molecule has 0 aliphatic rings. The number of hydrogen-bond donors (Lipinski definition) is 1. The Bertz CT molecular complexity index is 419. The lowest BCUT2D eigenvalue weighted by atomic mass is 9.83. The van der Waals surface area contributed by atoms with Crippen LogP contribution in [0.15, 0.2) is 24.3 Å². The molecule has 0 heterocycles. The average Bonchev–Trinajstić information content (AvgIpc) is 2.50. The summed E-state index contributed by atoms with van der Waals surface area (Å²) in [6, 6.07) is 8.67. The van der Waals surface area contributed by atoms with Gasteiger partial charge in [0.2, 0.25) is 0 Å². The van der Waals surface area contributed by atoms with E-state index in [1.54, 1.807) is 0 Å². The molecule has 2 atom stereocenters. The smallest absolute Gasteiger partial charge is 0.124 e. The number of likely N-dealkylation sites (N-methyl/N-ethyl adjacent to an activating group) is 2. The van der Waals surface area contributed by atoms with Crippen LogP contribution in [-0.2, 0) is 0 Å². The minimum absolute atomic E-state index is 0.0433. The van der Waals surface area contributed by atoms with Crippen molar-refractivity contribution in [3.63, 3.8) is 0 Å². The minimum Gasteiger partial charge on any atom is -0.493 e. The molecule has 0 amide bonds. The molecule has 0 saturated heterocycles. The molecule has 0 saturated carbocycles. The van der Waals surface area contributed by atoms with Crippen LogP contribution in [0.2, 0.25) is 0 Å². The third kappa shape index (κ3) is 4.21. The third-order valence-corrected chi connectivity index (χ3v) is 4.46. The van der Waals surface area contributed by atoms with Crippen molar-refractivity contribution in [2.24, 2.45) is 0 Å². The SMILES string of the molecule is CCCOc1ccccc1C(NCC)C(C)(CC)N(C)C. The van der Waals surface area contributed by atoms with Crippen LogP contribution in [0.25, 0.3) is 0 Å². The summed E-state index contributed by atoms with van der Waals surface area (Å²) in [7, 11) is 4.31. The Kier molecular flexibility index (Phi) is 7.20. The molecule has 3 heteroatoms. The number of hydrogen-bond acceptors (Lipinski definition) is 3. The van der Waals surface area contributed by atoms with Gasteiger partial charge in [-0.3, -0.25) is 0 Å². The zero-order valence-corrected chi connectivity index (χ0v) is 14.6. The Balaban J connectivity index is 3.22. The molecular formula is C18H32N2O. The van der Waals surface area contributed by atoms with Gasteiger partial charge in [-0.1, -0.05) is 39.0 Å². The zero-order valence-electron chi connectivity index (χ0n) is 14.6. The van der Waals surface area contributed by atoms with E-state index in [0.717, 1.165) is 31.7 Å². The van der Waals surface area contributed by atoms with Gasteiger partial charge in [0.05, 0.1) is 12.6 Å². The van der Waals surface area contributed by atoms with Gasteiger partial charge in [-0.15, -0.1) is 0 Å². The first kappa shape index (κ1) is 18.0. The lowest BCUT2D eigenvalue weighted by molar-refractivity contribution is 0.111. The normalized spacial score (nSPS) is 15.8. The number of rotatable bonds is 9. The molecule has 0 aliphatic heterocycles. The second-order valence-corrected chi connectivity index (χ2v) is 5.98. The van der Waals surface area contributed by atoms with Crippen LogP contribution in [0.4, 0.5) is 0 Å². The van der Waals surface area contributed by atoms with E-state index in [1.165, 1.54) is 5.56 Å². The highest BCUT2D eigenvalue weighted by Gasteiger charge is 2.36. The molecule has 120 valence electrons. The second-order valence-electron chi connectivity index (χ2n) is 5.98. The summed E-state index contributed by atoms with van der Waals surface area (Å²) in [5.41, 5.74) is 1.30. The second kappa shape index (κ2) is 8.40. The van der Waals surface area contributed by atoms with E-state index in [0.29, 0.717) is 0 Å². The molecule has 1 rings (SSSR count). The highest BCUT2D eigenvalue weighted by Crippen LogP contribution is 2.37. The molecule has 0 spiro atoms. The van der Waals surface area contributed by atoms with Gasteiger partial charge in [0.1, 0.15) is 5.75 Å². The first-order valence-electron chi connectivity index (χ1n) is 8.13. The Hall–Kier alpha value is -1.06. The van der Waals surface area contributed by atoms with Crippen LogP contribution in [0.3, 0.4) is 0 Å². The summed E-state index contributed by atoms with van der Waals surface area (Å²) in [5, 5.41) is 3.67. The fourth-order valence-corrected chi connectivity index (χ4v) is 2.71. The minimum atomic E-state index is 0.0433. The molecule has 21 heavy (non-hydrogen) atoms. The largest absolute Gasteiger partial charge is 0.493 e. The van der Waals surface area contributed by atoms with E-state index < -0.39 is 0 Å². The van der Waals surface area contributed by atoms with E-state index in [-0.39, 0.29) is 11.6 Å². The summed E-state index contributed by atoms with van der Waals surface area (Å²) < 4.78 is 5.97. The van der Waals surface area contributed by atoms with Crippen LogP contribution in [0, 0.1) is 0 Å². The van der Waals surface area contributed by atoms with Gasteiger partial charge in [0.15, 0.2) is 0 Å². The van der Waals surface area contributed by atoms with Gasteiger partial charge in [-0.05, 0) is 46.5 Å². The van der Waals surface area contributed by atoms with Crippen molar-refractivity contribution in [1.29, 1.82) is 0 Å². The predicted molar refractivity (Wildman–Crippen MR) is 91.0 cm³/mol. The van der Waals surface area contributed by atoms with Gasteiger partial charge < -0.3 is 15.0 Å². The summed E-state index contributed by atoms with van der Waals surface area (Å²) in [4.78, 5) is 2.32.